The molecule has 0 fully saturated rings. The monoisotopic (exact) mass is 430 g/mol. The molecule has 0 N–H and O–H groups in total. The molecule has 0 bridgehead atoms. The lowest BCUT2D eigenvalue weighted by molar-refractivity contribution is 0.355. The smallest absolute Gasteiger partial charge is 0.282 e. The summed E-state index contributed by atoms with van der Waals surface area (Å²) >= 11 is 1.66. The van der Waals surface area contributed by atoms with Crippen LogP contribution in [0.4, 0.5) is 0 Å². The molecule has 1 aliphatic rings. The zero-order valence-electron chi connectivity index (χ0n) is 17.9. The summed E-state index contributed by atoms with van der Waals surface area (Å²) in [6, 6.07) is 14.1. The van der Waals surface area contributed by atoms with Gasteiger partial charge in [-0.25, -0.2) is 0 Å². The van der Waals surface area contributed by atoms with Gasteiger partial charge in [0.05, 0.1) is 26.2 Å². The maximum atomic E-state index is 13.0. The molecular weight excluding hydrogens is 408 g/mol. The van der Waals surface area contributed by atoms with Crippen LogP contribution in [0.5, 0.6) is 11.5 Å². The molecule has 4 aromatic rings. The number of fused-ring (bicyclic) bond motifs is 4. The zero-order valence-corrected chi connectivity index (χ0v) is 18.7. The van der Waals surface area contributed by atoms with Crippen LogP contribution in [-0.4, -0.2) is 23.8 Å². The van der Waals surface area contributed by atoms with Crippen LogP contribution in [0.2, 0.25) is 0 Å². The summed E-state index contributed by atoms with van der Waals surface area (Å²) in [5.41, 5.74) is 5.03. The summed E-state index contributed by atoms with van der Waals surface area (Å²) in [5, 5.41) is 0.732. The Kier molecular flexibility index (Phi) is 4.67. The molecular formula is C25H22N2O3S. The Balaban J connectivity index is 1.80. The highest BCUT2D eigenvalue weighted by atomic mass is 32.1. The van der Waals surface area contributed by atoms with Gasteiger partial charge in [0.1, 0.15) is 10.7 Å². The second kappa shape index (κ2) is 7.39. The van der Waals surface area contributed by atoms with E-state index in [1.54, 1.807) is 25.6 Å². The molecule has 31 heavy (non-hydrogen) atoms. The third-order valence-electron chi connectivity index (χ3n) is 5.88. The zero-order chi connectivity index (χ0) is 21.7. The summed E-state index contributed by atoms with van der Waals surface area (Å²) in [5.74, 6) is 2.04. The molecule has 2 aromatic heterocycles. The molecule has 0 atom stereocenters. The molecule has 0 radical (unpaired) electrons. The highest BCUT2D eigenvalue weighted by Crippen LogP contribution is 2.38. The summed E-state index contributed by atoms with van der Waals surface area (Å²) in [7, 11) is 3.25. The minimum absolute atomic E-state index is 0.166. The van der Waals surface area contributed by atoms with Gasteiger partial charge in [-0.3, -0.25) is 4.79 Å². The summed E-state index contributed by atoms with van der Waals surface area (Å²) in [6.45, 7) is 4.75. The highest BCUT2D eigenvalue weighted by molar-refractivity contribution is 7.18. The maximum Gasteiger partial charge on any atom is 0.282 e. The Bertz CT molecular complexity index is 1430. The first-order valence-corrected chi connectivity index (χ1v) is 10.9. The number of rotatable bonds is 3. The molecule has 6 heteroatoms. The van der Waals surface area contributed by atoms with Gasteiger partial charge in [-0.15, -0.1) is 11.3 Å². The number of ether oxygens (including phenoxy) is 2. The van der Waals surface area contributed by atoms with Gasteiger partial charge < -0.3 is 14.0 Å². The molecule has 0 saturated heterocycles. The Labute approximate surface area is 184 Å². The number of hydrogen-bond donors (Lipinski definition) is 0. The molecule has 0 spiro atoms. The van der Waals surface area contributed by atoms with Crippen molar-refractivity contribution < 1.29 is 9.47 Å². The lowest BCUT2D eigenvalue weighted by atomic mass is 9.93. The molecule has 1 aliphatic heterocycles. The van der Waals surface area contributed by atoms with E-state index >= 15 is 0 Å². The van der Waals surface area contributed by atoms with Crippen molar-refractivity contribution in [2.24, 2.45) is 0 Å². The molecule has 3 heterocycles. The van der Waals surface area contributed by atoms with Crippen molar-refractivity contribution in [1.29, 1.82) is 0 Å². The topological polar surface area (TPSA) is 53.4 Å². The maximum absolute atomic E-state index is 13.0. The largest absolute Gasteiger partial charge is 0.493 e. The number of aromatic nitrogens is 2. The number of benzene rings is 2. The number of nitrogens with zero attached hydrogens (tertiary/aromatic N) is 2. The number of methoxy groups -OCH3 is 2. The fraction of sp³-hybridized carbons (Fsp3) is 0.200. The Morgan fingerprint density at radius 3 is 2.61 bits per heavy atom. The van der Waals surface area contributed by atoms with Crippen LogP contribution in [0.25, 0.3) is 21.9 Å². The Morgan fingerprint density at radius 2 is 1.84 bits per heavy atom. The van der Waals surface area contributed by atoms with Crippen LogP contribution in [0.15, 0.2) is 47.3 Å². The minimum Gasteiger partial charge on any atom is -0.493 e. The van der Waals surface area contributed by atoms with E-state index in [1.165, 1.54) is 5.56 Å². The van der Waals surface area contributed by atoms with Crippen molar-refractivity contribution in [3.8, 4) is 11.5 Å². The molecule has 5 nitrogen and oxygen atoms in total. The molecule has 156 valence electrons. The van der Waals surface area contributed by atoms with Crippen molar-refractivity contribution in [3.63, 3.8) is 0 Å². The van der Waals surface area contributed by atoms with E-state index in [0.29, 0.717) is 23.9 Å². The second-order valence-corrected chi connectivity index (χ2v) is 8.82. The van der Waals surface area contributed by atoms with E-state index < -0.39 is 0 Å². The van der Waals surface area contributed by atoms with Gasteiger partial charge in [-0.1, -0.05) is 30.3 Å². The molecule has 0 amide bonds. The highest BCUT2D eigenvalue weighted by Gasteiger charge is 2.25. The SMILES string of the molecule is COc1ccc(C=C2c3ccccc3Cn3c2nc(=O)c2c(C)c(C)sc23)cc1OC. The van der Waals surface area contributed by atoms with Crippen molar-refractivity contribution in [3.05, 3.63) is 85.8 Å². The van der Waals surface area contributed by atoms with Gasteiger partial charge >= 0.3 is 0 Å². The quantitative estimate of drug-likeness (QED) is 0.402. The number of thiophene rings is 1. The van der Waals surface area contributed by atoms with Crippen molar-refractivity contribution in [2.45, 2.75) is 20.4 Å². The van der Waals surface area contributed by atoms with E-state index in [4.69, 9.17) is 9.47 Å². The summed E-state index contributed by atoms with van der Waals surface area (Å²) < 4.78 is 13.0. The van der Waals surface area contributed by atoms with Crippen LogP contribution in [-0.2, 0) is 6.54 Å². The summed E-state index contributed by atoms with van der Waals surface area (Å²) in [4.78, 5) is 19.7. The molecule has 0 unspecified atom stereocenters. The third kappa shape index (κ3) is 3.06. The van der Waals surface area contributed by atoms with Gasteiger partial charge in [0.2, 0.25) is 0 Å². The first-order chi connectivity index (χ1) is 15.0. The predicted octanol–water partition coefficient (Wildman–Crippen LogP) is 5.04. The van der Waals surface area contributed by atoms with E-state index in [-0.39, 0.29) is 5.56 Å². The van der Waals surface area contributed by atoms with Crippen LogP contribution in [0.1, 0.15) is 33.0 Å². The normalized spacial score (nSPS) is 13.9. The van der Waals surface area contributed by atoms with Crippen LogP contribution < -0.4 is 15.0 Å². The van der Waals surface area contributed by atoms with Gasteiger partial charge in [0, 0.05) is 10.5 Å². The number of aryl methyl sites for hydroxylation is 2. The average Bonchev–Trinajstić information content (AvgIpc) is 3.09. The fourth-order valence-electron chi connectivity index (χ4n) is 4.18. The van der Waals surface area contributed by atoms with Crippen molar-refractivity contribution >= 4 is 33.2 Å². The van der Waals surface area contributed by atoms with Gasteiger partial charge in [-0.2, -0.15) is 4.98 Å². The number of hydrogen-bond acceptors (Lipinski definition) is 5. The fourth-order valence-corrected chi connectivity index (χ4v) is 5.32. The van der Waals surface area contributed by atoms with Gasteiger partial charge in [-0.05, 0) is 54.3 Å². The van der Waals surface area contributed by atoms with Crippen LogP contribution in [0, 0.1) is 13.8 Å². The molecule has 5 rings (SSSR count). The van der Waals surface area contributed by atoms with E-state index in [0.717, 1.165) is 37.4 Å². The molecule has 0 aliphatic carbocycles. The van der Waals surface area contributed by atoms with Gasteiger partial charge in [0.15, 0.2) is 11.5 Å². The van der Waals surface area contributed by atoms with Crippen molar-refractivity contribution in [2.75, 3.05) is 14.2 Å². The van der Waals surface area contributed by atoms with Crippen LogP contribution >= 0.6 is 11.3 Å². The van der Waals surface area contributed by atoms with E-state index in [9.17, 15) is 4.79 Å². The minimum atomic E-state index is -0.166. The lowest BCUT2D eigenvalue weighted by Crippen LogP contribution is -2.22. The Morgan fingerprint density at radius 1 is 1.06 bits per heavy atom. The van der Waals surface area contributed by atoms with E-state index in [1.807, 2.05) is 31.2 Å². The predicted molar refractivity (Wildman–Crippen MR) is 125 cm³/mol. The third-order valence-corrected chi connectivity index (χ3v) is 7.11. The van der Waals surface area contributed by atoms with Crippen LogP contribution in [0.3, 0.4) is 0 Å². The average molecular weight is 431 g/mol. The molecule has 0 saturated carbocycles. The van der Waals surface area contributed by atoms with E-state index in [2.05, 4.69) is 40.7 Å². The first-order valence-electron chi connectivity index (χ1n) is 10.0. The standard InChI is InChI=1S/C25H22N2O3S/c1-14-15(2)31-25-22(14)24(28)26-23-19(18-8-6-5-7-17(18)13-27(23)25)11-16-9-10-20(29-3)21(12-16)30-4/h5-12H,13H2,1-4H3. The lowest BCUT2D eigenvalue weighted by Gasteiger charge is -2.24. The second-order valence-electron chi connectivity index (χ2n) is 7.62. The Hall–Kier alpha value is -3.38. The van der Waals surface area contributed by atoms with Crippen molar-refractivity contribution in [1.82, 2.24) is 9.55 Å². The summed E-state index contributed by atoms with van der Waals surface area (Å²) in [6.07, 6.45) is 2.07. The first kappa shape index (κ1) is 19.6. The van der Waals surface area contributed by atoms with Gasteiger partial charge in [0.25, 0.3) is 5.56 Å². The molecule has 2 aromatic carbocycles.